The Hall–Kier alpha value is -3.69. The second-order valence-corrected chi connectivity index (χ2v) is 7.03. The van der Waals surface area contributed by atoms with Crippen LogP contribution in [0, 0.1) is 0 Å². The van der Waals surface area contributed by atoms with Crippen LogP contribution in [0.25, 0.3) is 0 Å². The molecule has 0 spiro atoms. The minimum Gasteiger partial charge on any atom is -0.347 e. The summed E-state index contributed by atoms with van der Waals surface area (Å²) in [7, 11) is 0. The van der Waals surface area contributed by atoms with Crippen LogP contribution in [0.2, 0.25) is 0 Å². The van der Waals surface area contributed by atoms with E-state index in [1.807, 2.05) is 30.3 Å². The van der Waals surface area contributed by atoms with Crippen LogP contribution >= 0.6 is 0 Å². The molecule has 154 valence electrons. The predicted molar refractivity (Wildman–Crippen MR) is 104 cm³/mol. The van der Waals surface area contributed by atoms with E-state index in [1.54, 1.807) is 0 Å². The lowest BCUT2D eigenvalue weighted by atomic mass is 10.2. The molecular weight excluding hydrogens is 389 g/mol. The zero-order chi connectivity index (χ0) is 20.9. The molecule has 1 saturated heterocycles. The fraction of sp³-hybridized carbons (Fsp3) is 0.300. The molecule has 2 amide bonds. The lowest BCUT2D eigenvalue weighted by Crippen LogP contribution is -2.38. The molecule has 2 atom stereocenters. The first kappa shape index (κ1) is 19.6. The number of nitrogens with zero attached hydrogens (tertiary/aromatic N) is 6. The van der Waals surface area contributed by atoms with Gasteiger partial charge in [0.05, 0.1) is 25.3 Å². The van der Waals surface area contributed by atoms with Crippen molar-refractivity contribution in [2.24, 2.45) is 0 Å². The molecule has 1 N–H and O–H groups in total. The van der Waals surface area contributed by atoms with Gasteiger partial charge in [-0.25, -0.2) is 19.0 Å². The van der Waals surface area contributed by atoms with Gasteiger partial charge in [0, 0.05) is 19.2 Å². The molecule has 30 heavy (non-hydrogen) atoms. The number of amides is 2. The number of benzene rings is 1. The summed E-state index contributed by atoms with van der Waals surface area (Å²) < 4.78 is 15.5. The maximum Gasteiger partial charge on any atom is 0.273 e. The first-order chi connectivity index (χ1) is 14.6. The van der Waals surface area contributed by atoms with Gasteiger partial charge in [0.25, 0.3) is 11.8 Å². The van der Waals surface area contributed by atoms with Crippen molar-refractivity contribution >= 4 is 11.8 Å². The van der Waals surface area contributed by atoms with Crippen LogP contribution in [0.5, 0.6) is 0 Å². The average Bonchev–Trinajstić information content (AvgIpc) is 3.39. The summed E-state index contributed by atoms with van der Waals surface area (Å²) in [6, 6.07) is 10.6. The SMILES string of the molecule is O=C(NCc1ccccc1)c1cn(CC2CC(F)CN2C(=O)c2ccncn2)nn1. The van der Waals surface area contributed by atoms with Crippen LogP contribution in [0.4, 0.5) is 4.39 Å². The number of carbonyl (C=O) groups excluding carboxylic acids is 2. The second kappa shape index (κ2) is 8.76. The van der Waals surface area contributed by atoms with E-state index < -0.39 is 12.2 Å². The van der Waals surface area contributed by atoms with Crippen molar-refractivity contribution in [1.82, 2.24) is 35.2 Å². The maximum absolute atomic E-state index is 14.1. The Morgan fingerprint density at radius 2 is 2.00 bits per heavy atom. The number of carbonyl (C=O) groups is 2. The van der Waals surface area contributed by atoms with E-state index in [0.29, 0.717) is 6.54 Å². The molecule has 0 radical (unpaired) electrons. The maximum atomic E-state index is 14.1. The summed E-state index contributed by atoms with van der Waals surface area (Å²) in [5.74, 6) is -0.711. The molecule has 3 aromatic rings. The van der Waals surface area contributed by atoms with Gasteiger partial charge >= 0.3 is 0 Å². The van der Waals surface area contributed by atoms with E-state index in [1.165, 1.54) is 34.4 Å². The summed E-state index contributed by atoms with van der Waals surface area (Å²) in [6.45, 7) is 0.600. The third kappa shape index (κ3) is 4.48. The molecular formula is C20H20FN7O2. The minimum absolute atomic E-state index is 0.00732. The first-order valence-corrected chi connectivity index (χ1v) is 9.53. The number of nitrogens with one attached hydrogen (secondary N) is 1. The summed E-state index contributed by atoms with van der Waals surface area (Å²) in [4.78, 5) is 34.2. The highest BCUT2D eigenvalue weighted by molar-refractivity contribution is 5.92. The van der Waals surface area contributed by atoms with Gasteiger partial charge in [-0.3, -0.25) is 9.59 Å². The predicted octanol–water partition coefficient (Wildman–Crippen LogP) is 1.25. The lowest BCUT2D eigenvalue weighted by molar-refractivity contribution is 0.0708. The van der Waals surface area contributed by atoms with Crippen molar-refractivity contribution in [3.05, 3.63) is 72.1 Å². The zero-order valence-electron chi connectivity index (χ0n) is 16.1. The Bertz CT molecular complexity index is 1010. The molecule has 1 fully saturated rings. The molecule has 2 unspecified atom stereocenters. The Kier molecular flexibility index (Phi) is 5.73. The number of halogens is 1. The van der Waals surface area contributed by atoms with E-state index in [4.69, 9.17) is 0 Å². The third-order valence-corrected chi connectivity index (χ3v) is 4.89. The number of likely N-dealkylation sites (tertiary alicyclic amines) is 1. The zero-order valence-corrected chi connectivity index (χ0v) is 16.1. The van der Waals surface area contributed by atoms with E-state index in [-0.39, 0.29) is 42.7 Å². The van der Waals surface area contributed by atoms with Crippen molar-refractivity contribution in [2.45, 2.75) is 31.7 Å². The van der Waals surface area contributed by atoms with Crippen LogP contribution in [0.15, 0.2) is 55.1 Å². The van der Waals surface area contributed by atoms with Crippen LogP contribution in [0.1, 0.15) is 33.0 Å². The molecule has 1 aliphatic rings. The quantitative estimate of drug-likeness (QED) is 0.657. The highest BCUT2D eigenvalue weighted by atomic mass is 19.1. The van der Waals surface area contributed by atoms with Gasteiger partial charge in [0.2, 0.25) is 0 Å². The number of hydrogen-bond acceptors (Lipinski definition) is 6. The molecule has 1 aromatic carbocycles. The molecule has 2 aromatic heterocycles. The smallest absolute Gasteiger partial charge is 0.273 e. The van der Waals surface area contributed by atoms with Gasteiger partial charge in [-0.05, 0) is 11.6 Å². The number of aromatic nitrogens is 5. The van der Waals surface area contributed by atoms with Gasteiger partial charge in [0.1, 0.15) is 18.2 Å². The summed E-state index contributed by atoms with van der Waals surface area (Å²) >= 11 is 0. The van der Waals surface area contributed by atoms with Crippen molar-refractivity contribution < 1.29 is 14.0 Å². The van der Waals surface area contributed by atoms with Crippen molar-refractivity contribution in [3.8, 4) is 0 Å². The minimum atomic E-state index is -1.13. The van der Waals surface area contributed by atoms with Gasteiger partial charge in [-0.15, -0.1) is 5.10 Å². The highest BCUT2D eigenvalue weighted by Crippen LogP contribution is 2.23. The Morgan fingerprint density at radius 3 is 2.77 bits per heavy atom. The van der Waals surface area contributed by atoms with Gasteiger partial charge in [-0.1, -0.05) is 35.5 Å². The second-order valence-electron chi connectivity index (χ2n) is 7.03. The van der Waals surface area contributed by atoms with Crippen LogP contribution < -0.4 is 5.32 Å². The van der Waals surface area contributed by atoms with Gasteiger partial charge in [-0.2, -0.15) is 0 Å². The number of rotatable bonds is 6. The summed E-state index contributed by atoms with van der Waals surface area (Å²) in [5, 5.41) is 10.7. The van der Waals surface area contributed by atoms with Gasteiger partial charge in [0.15, 0.2) is 5.69 Å². The summed E-state index contributed by atoms with van der Waals surface area (Å²) in [6.07, 6.45) is 3.31. The molecule has 0 aliphatic carbocycles. The van der Waals surface area contributed by atoms with Crippen LogP contribution in [-0.4, -0.2) is 60.4 Å². The molecule has 9 nitrogen and oxygen atoms in total. The molecule has 1 aliphatic heterocycles. The van der Waals surface area contributed by atoms with Gasteiger partial charge < -0.3 is 10.2 Å². The standard InChI is InChI=1S/C20H20FN7O2/c21-15-8-16(28(10-15)20(30)17-6-7-22-13-24-17)11-27-12-18(25-26-27)19(29)23-9-14-4-2-1-3-5-14/h1-7,12-13,15-16H,8-11H2,(H,23,29). The third-order valence-electron chi connectivity index (χ3n) is 4.89. The molecule has 10 heteroatoms. The topological polar surface area (TPSA) is 106 Å². The van der Waals surface area contributed by atoms with E-state index in [0.717, 1.165) is 5.56 Å². The largest absolute Gasteiger partial charge is 0.347 e. The Balaban J connectivity index is 1.39. The fourth-order valence-corrected chi connectivity index (χ4v) is 3.42. The monoisotopic (exact) mass is 409 g/mol. The normalized spacial score (nSPS) is 18.4. The molecule has 3 heterocycles. The molecule has 0 saturated carbocycles. The van der Waals surface area contributed by atoms with Crippen molar-refractivity contribution in [2.75, 3.05) is 6.54 Å². The highest BCUT2D eigenvalue weighted by Gasteiger charge is 2.36. The number of hydrogen-bond donors (Lipinski definition) is 1. The van der Waals surface area contributed by atoms with Crippen molar-refractivity contribution in [3.63, 3.8) is 0 Å². The van der Waals surface area contributed by atoms with E-state index in [9.17, 15) is 14.0 Å². The Morgan fingerprint density at radius 1 is 1.17 bits per heavy atom. The lowest BCUT2D eigenvalue weighted by Gasteiger charge is -2.23. The van der Waals surface area contributed by atoms with Crippen LogP contribution in [-0.2, 0) is 13.1 Å². The number of alkyl halides is 1. The molecule has 4 rings (SSSR count). The van der Waals surface area contributed by atoms with E-state index in [2.05, 4.69) is 25.6 Å². The van der Waals surface area contributed by atoms with Crippen LogP contribution in [0.3, 0.4) is 0 Å². The molecule has 0 bridgehead atoms. The first-order valence-electron chi connectivity index (χ1n) is 9.53. The van der Waals surface area contributed by atoms with E-state index >= 15 is 0 Å². The summed E-state index contributed by atoms with van der Waals surface area (Å²) in [5.41, 5.74) is 1.34. The Labute approximate surface area is 171 Å². The fourth-order valence-electron chi connectivity index (χ4n) is 3.42. The van der Waals surface area contributed by atoms with Crippen molar-refractivity contribution in [1.29, 1.82) is 0 Å². The average molecular weight is 409 g/mol.